The van der Waals surface area contributed by atoms with E-state index < -0.39 is 17.2 Å². The fourth-order valence-electron chi connectivity index (χ4n) is 1.90. The van der Waals surface area contributed by atoms with Crippen LogP contribution in [0.15, 0.2) is 18.2 Å². The van der Waals surface area contributed by atoms with E-state index in [-0.39, 0.29) is 12.0 Å². The summed E-state index contributed by atoms with van der Waals surface area (Å²) in [5, 5.41) is 10.2. The van der Waals surface area contributed by atoms with E-state index in [4.69, 9.17) is 0 Å². The summed E-state index contributed by atoms with van der Waals surface area (Å²) >= 11 is 0. The lowest BCUT2D eigenvalue weighted by molar-refractivity contribution is 0.0262. The summed E-state index contributed by atoms with van der Waals surface area (Å²) in [4.78, 5) is 0. The number of benzene rings is 1. The first-order chi connectivity index (χ1) is 7.52. The standard InChI is InChI=1S/C13H18F2O/c1-3-8-13(16,4-2)9-10-6-5-7-11(14)12(10)15/h5-7,16H,3-4,8-9H2,1-2H3. The molecule has 0 aromatic heterocycles. The van der Waals surface area contributed by atoms with Crippen molar-refractivity contribution in [1.82, 2.24) is 0 Å². The number of hydrogen-bond donors (Lipinski definition) is 1. The van der Waals surface area contributed by atoms with Crippen molar-refractivity contribution in [3.8, 4) is 0 Å². The van der Waals surface area contributed by atoms with Gasteiger partial charge in [-0.05, 0) is 24.5 Å². The lowest BCUT2D eigenvalue weighted by Gasteiger charge is -2.26. The zero-order chi connectivity index (χ0) is 12.2. The average molecular weight is 228 g/mol. The molecule has 0 amide bonds. The molecule has 0 heterocycles. The molecule has 0 spiro atoms. The second kappa shape index (κ2) is 5.39. The maximum atomic E-state index is 13.4. The fraction of sp³-hybridized carbons (Fsp3) is 0.538. The Morgan fingerprint density at radius 1 is 1.25 bits per heavy atom. The molecule has 0 aliphatic heterocycles. The Kier molecular flexibility index (Phi) is 4.42. The van der Waals surface area contributed by atoms with E-state index in [1.807, 2.05) is 13.8 Å². The normalized spacial score (nSPS) is 14.8. The van der Waals surface area contributed by atoms with E-state index in [0.29, 0.717) is 12.8 Å². The lowest BCUT2D eigenvalue weighted by atomic mass is 9.87. The van der Waals surface area contributed by atoms with E-state index >= 15 is 0 Å². The van der Waals surface area contributed by atoms with Gasteiger partial charge in [-0.3, -0.25) is 0 Å². The molecule has 16 heavy (non-hydrogen) atoms. The third kappa shape index (κ3) is 3.01. The molecule has 3 heteroatoms. The first kappa shape index (κ1) is 13.1. The molecule has 0 radical (unpaired) electrons. The highest BCUT2D eigenvalue weighted by Gasteiger charge is 2.25. The van der Waals surface area contributed by atoms with Gasteiger partial charge in [0.05, 0.1) is 5.60 Å². The van der Waals surface area contributed by atoms with E-state index in [2.05, 4.69) is 0 Å². The minimum Gasteiger partial charge on any atom is -0.390 e. The Balaban J connectivity index is 2.90. The van der Waals surface area contributed by atoms with E-state index in [1.165, 1.54) is 12.1 Å². The third-order valence-corrected chi connectivity index (χ3v) is 2.92. The van der Waals surface area contributed by atoms with Gasteiger partial charge in [-0.2, -0.15) is 0 Å². The van der Waals surface area contributed by atoms with Gasteiger partial charge in [0.15, 0.2) is 11.6 Å². The largest absolute Gasteiger partial charge is 0.390 e. The quantitative estimate of drug-likeness (QED) is 0.818. The molecule has 0 aliphatic carbocycles. The Morgan fingerprint density at radius 3 is 2.50 bits per heavy atom. The van der Waals surface area contributed by atoms with Crippen LogP contribution < -0.4 is 0 Å². The summed E-state index contributed by atoms with van der Waals surface area (Å²) in [6.07, 6.45) is 2.12. The summed E-state index contributed by atoms with van der Waals surface area (Å²) in [5.74, 6) is -1.70. The van der Waals surface area contributed by atoms with Crippen molar-refractivity contribution in [3.05, 3.63) is 35.4 Å². The molecule has 1 N–H and O–H groups in total. The van der Waals surface area contributed by atoms with Gasteiger partial charge in [-0.15, -0.1) is 0 Å². The van der Waals surface area contributed by atoms with Crippen molar-refractivity contribution in [2.75, 3.05) is 0 Å². The zero-order valence-electron chi connectivity index (χ0n) is 9.76. The zero-order valence-corrected chi connectivity index (χ0v) is 9.76. The van der Waals surface area contributed by atoms with Crippen molar-refractivity contribution in [2.24, 2.45) is 0 Å². The molecule has 0 saturated heterocycles. The first-order valence-electron chi connectivity index (χ1n) is 5.67. The Labute approximate surface area is 95.1 Å². The topological polar surface area (TPSA) is 20.2 Å². The fourth-order valence-corrected chi connectivity index (χ4v) is 1.90. The SMILES string of the molecule is CCCC(O)(CC)Cc1cccc(F)c1F. The van der Waals surface area contributed by atoms with Gasteiger partial charge in [0, 0.05) is 6.42 Å². The van der Waals surface area contributed by atoms with Crippen LogP contribution in [0.2, 0.25) is 0 Å². The number of aliphatic hydroxyl groups is 1. The summed E-state index contributed by atoms with van der Waals surface area (Å²) in [5.41, 5.74) is -0.679. The van der Waals surface area contributed by atoms with E-state index in [1.54, 1.807) is 0 Å². The van der Waals surface area contributed by atoms with Crippen LogP contribution in [0.5, 0.6) is 0 Å². The van der Waals surface area contributed by atoms with Gasteiger partial charge in [-0.25, -0.2) is 8.78 Å². The predicted octanol–water partition coefficient (Wildman–Crippen LogP) is 3.45. The first-order valence-corrected chi connectivity index (χ1v) is 5.67. The minimum absolute atomic E-state index is 0.168. The molecule has 0 aliphatic rings. The number of halogens is 2. The van der Waals surface area contributed by atoms with E-state index in [9.17, 15) is 13.9 Å². The molecule has 1 rings (SSSR count). The maximum absolute atomic E-state index is 13.4. The molecule has 1 aromatic rings. The van der Waals surface area contributed by atoms with Gasteiger partial charge in [0.2, 0.25) is 0 Å². The number of hydrogen-bond acceptors (Lipinski definition) is 1. The van der Waals surface area contributed by atoms with Crippen molar-refractivity contribution in [2.45, 2.75) is 45.1 Å². The Hall–Kier alpha value is -0.960. The molecule has 0 bridgehead atoms. The van der Waals surface area contributed by atoms with E-state index in [0.717, 1.165) is 12.5 Å². The minimum atomic E-state index is -0.927. The summed E-state index contributed by atoms with van der Waals surface area (Å²) < 4.78 is 26.4. The van der Waals surface area contributed by atoms with Crippen LogP contribution in [-0.4, -0.2) is 10.7 Å². The Bertz CT molecular complexity index is 352. The van der Waals surface area contributed by atoms with Crippen LogP contribution in [0, 0.1) is 11.6 Å². The van der Waals surface area contributed by atoms with Crippen molar-refractivity contribution in [1.29, 1.82) is 0 Å². The second-order valence-electron chi connectivity index (χ2n) is 4.22. The van der Waals surface area contributed by atoms with Crippen LogP contribution in [-0.2, 0) is 6.42 Å². The van der Waals surface area contributed by atoms with Gasteiger partial charge in [-0.1, -0.05) is 32.4 Å². The van der Waals surface area contributed by atoms with Crippen molar-refractivity contribution >= 4 is 0 Å². The second-order valence-corrected chi connectivity index (χ2v) is 4.22. The summed E-state index contributed by atoms with van der Waals surface area (Å²) in [6, 6.07) is 4.08. The highest BCUT2D eigenvalue weighted by molar-refractivity contribution is 5.20. The third-order valence-electron chi connectivity index (χ3n) is 2.92. The monoisotopic (exact) mass is 228 g/mol. The van der Waals surface area contributed by atoms with Gasteiger partial charge >= 0.3 is 0 Å². The lowest BCUT2D eigenvalue weighted by Crippen LogP contribution is -2.30. The number of rotatable bonds is 5. The molecular formula is C13H18F2O. The Morgan fingerprint density at radius 2 is 1.94 bits per heavy atom. The van der Waals surface area contributed by atoms with Crippen LogP contribution in [0.3, 0.4) is 0 Å². The smallest absolute Gasteiger partial charge is 0.162 e. The van der Waals surface area contributed by atoms with Crippen molar-refractivity contribution < 1.29 is 13.9 Å². The van der Waals surface area contributed by atoms with Crippen molar-refractivity contribution in [3.63, 3.8) is 0 Å². The maximum Gasteiger partial charge on any atom is 0.162 e. The molecule has 1 nitrogen and oxygen atoms in total. The molecule has 1 aromatic carbocycles. The van der Waals surface area contributed by atoms with Gasteiger partial charge in [0.1, 0.15) is 0 Å². The van der Waals surface area contributed by atoms with Gasteiger partial charge < -0.3 is 5.11 Å². The van der Waals surface area contributed by atoms with Crippen LogP contribution in [0.1, 0.15) is 38.7 Å². The molecule has 0 saturated carbocycles. The average Bonchev–Trinajstić information content (AvgIpc) is 2.25. The molecular weight excluding hydrogens is 210 g/mol. The summed E-state index contributed by atoms with van der Waals surface area (Å²) in [6.45, 7) is 3.81. The molecule has 0 fully saturated rings. The van der Waals surface area contributed by atoms with Crippen LogP contribution in [0.4, 0.5) is 8.78 Å². The molecule has 90 valence electrons. The van der Waals surface area contributed by atoms with Crippen LogP contribution >= 0.6 is 0 Å². The predicted molar refractivity (Wildman–Crippen MR) is 60.2 cm³/mol. The highest BCUT2D eigenvalue weighted by Crippen LogP contribution is 2.24. The van der Waals surface area contributed by atoms with Crippen LogP contribution in [0.25, 0.3) is 0 Å². The van der Waals surface area contributed by atoms with Gasteiger partial charge in [0.25, 0.3) is 0 Å². The highest BCUT2D eigenvalue weighted by atomic mass is 19.2. The molecule has 1 unspecified atom stereocenters. The summed E-state index contributed by atoms with van der Waals surface area (Å²) in [7, 11) is 0. The molecule has 1 atom stereocenters.